The van der Waals surface area contributed by atoms with Gasteiger partial charge in [-0.1, -0.05) is 48.5 Å². The van der Waals surface area contributed by atoms with Gasteiger partial charge in [0.25, 0.3) is 0 Å². The summed E-state index contributed by atoms with van der Waals surface area (Å²) in [5, 5.41) is 9.57. The first kappa shape index (κ1) is 15.4. The van der Waals surface area contributed by atoms with Crippen LogP contribution in [0.5, 0.6) is 0 Å². The quantitative estimate of drug-likeness (QED) is 0.940. The number of rotatable bonds is 4. The molecule has 0 saturated heterocycles. The third-order valence-electron chi connectivity index (χ3n) is 4.11. The van der Waals surface area contributed by atoms with Crippen molar-refractivity contribution in [2.24, 2.45) is 5.92 Å². The van der Waals surface area contributed by atoms with Crippen LogP contribution >= 0.6 is 0 Å². The van der Waals surface area contributed by atoms with Crippen molar-refractivity contribution in [2.75, 3.05) is 13.1 Å². The molecule has 23 heavy (non-hydrogen) atoms. The van der Waals surface area contributed by atoms with Crippen LogP contribution in [0, 0.1) is 11.7 Å². The van der Waals surface area contributed by atoms with E-state index in [1.54, 1.807) is 12.1 Å². The minimum Gasteiger partial charge on any atom is -0.481 e. The highest BCUT2D eigenvalue weighted by Crippen LogP contribution is 2.29. The van der Waals surface area contributed by atoms with Crippen LogP contribution in [0.3, 0.4) is 0 Å². The average molecular weight is 311 g/mol. The summed E-state index contributed by atoms with van der Waals surface area (Å²) in [5.41, 5.74) is 2.70. The maximum absolute atomic E-state index is 13.1. The lowest BCUT2D eigenvalue weighted by atomic mass is 9.89. The van der Waals surface area contributed by atoms with Gasteiger partial charge in [0.2, 0.25) is 0 Å². The molecular weight excluding hydrogens is 293 g/mol. The second-order valence-corrected chi connectivity index (χ2v) is 5.74. The first-order valence-corrected chi connectivity index (χ1v) is 7.58. The fraction of sp³-hybridized carbons (Fsp3) is 0.211. The van der Waals surface area contributed by atoms with Crippen molar-refractivity contribution in [3.8, 4) is 0 Å². The zero-order chi connectivity index (χ0) is 16.2. The van der Waals surface area contributed by atoms with Crippen LogP contribution < -0.4 is 0 Å². The van der Waals surface area contributed by atoms with Gasteiger partial charge in [-0.15, -0.1) is 0 Å². The molecule has 0 aliphatic carbocycles. The number of nitrogens with zero attached hydrogens (tertiary/aromatic N) is 1. The van der Waals surface area contributed by atoms with Crippen LogP contribution in [-0.2, 0) is 11.3 Å². The van der Waals surface area contributed by atoms with E-state index >= 15 is 0 Å². The number of hydrogen-bond acceptors (Lipinski definition) is 2. The Hall–Kier alpha value is -2.46. The third kappa shape index (κ3) is 3.66. The summed E-state index contributed by atoms with van der Waals surface area (Å²) >= 11 is 0. The van der Waals surface area contributed by atoms with Crippen LogP contribution in [0.15, 0.2) is 60.7 Å². The van der Waals surface area contributed by atoms with E-state index in [9.17, 15) is 14.3 Å². The highest BCUT2D eigenvalue weighted by atomic mass is 19.1. The molecule has 0 radical (unpaired) electrons. The van der Waals surface area contributed by atoms with E-state index in [0.717, 1.165) is 23.2 Å². The van der Waals surface area contributed by atoms with Crippen molar-refractivity contribution in [3.05, 3.63) is 77.6 Å². The molecule has 4 heteroatoms. The number of hydrogen-bond donors (Lipinski definition) is 1. The molecule has 1 unspecified atom stereocenters. The smallest absolute Gasteiger partial charge is 0.312 e. The van der Waals surface area contributed by atoms with Gasteiger partial charge in [0, 0.05) is 19.6 Å². The molecule has 0 saturated carbocycles. The van der Waals surface area contributed by atoms with Crippen LogP contribution in [0.4, 0.5) is 4.39 Å². The largest absolute Gasteiger partial charge is 0.481 e. The molecule has 0 fully saturated rings. The second-order valence-electron chi connectivity index (χ2n) is 5.74. The molecule has 1 heterocycles. The normalized spacial score (nSPS) is 18.5. The molecule has 0 amide bonds. The Morgan fingerprint density at radius 1 is 1.13 bits per heavy atom. The van der Waals surface area contributed by atoms with Crippen molar-refractivity contribution in [1.29, 1.82) is 0 Å². The van der Waals surface area contributed by atoms with Crippen LogP contribution in [0.2, 0.25) is 0 Å². The predicted molar refractivity (Wildman–Crippen MR) is 87.2 cm³/mol. The standard InChI is InChI=1S/C19H18FNO2/c20-16-8-6-15(7-9-16)17-10-11-21(13-18(17)19(22)23)12-14-4-2-1-3-5-14/h1-10,18H,11-13H2,(H,22,23). The van der Waals surface area contributed by atoms with Gasteiger partial charge in [0.1, 0.15) is 5.82 Å². The maximum Gasteiger partial charge on any atom is 0.312 e. The number of benzene rings is 2. The zero-order valence-electron chi connectivity index (χ0n) is 12.7. The molecule has 1 N–H and O–H groups in total. The van der Waals surface area contributed by atoms with E-state index in [1.165, 1.54) is 12.1 Å². The van der Waals surface area contributed by atoms with E-state index in [0.29, 0.717) is 13.1 Å². The minimum absolute atomic E-state index is 0.317. The maximum atomic E-state index is 13.1. The lowest BCUT2D eigenvalue weighted by molar-refractivity contribution is -0.140. The monoisotopic (exact) mass is 311 g/mol. The number of carbonyl (C=O) groups is 1. The molecule has 0 spiro atoms. The van der Waals surface area contributed by atoms with Gasteiger partial charge in [-0.3, -0.25) is 9.69 Å². The van der Waals surface area contributed by atoms with Crippen molar-refractivity contribution in [3.63, 3.8) is 0 Å². The summed E-state index contributed by atoms with van der Waals surface area (Å²) < 4.78 is 13.1. The molecule has 3 nitrogen and oxygen atoms in total. The van der Waals surface area contributed by atoms with E-state index in [-0.39, 0.29) is 5.82 Å². The van der Waals surface area contributed by atoms with E-state index in [4.69, 9.17) is 0 Å². The van der Waals surface area contributed by atoms with Crippen molar-refractivity contribution < 1.29 is 14.3 Å². The Morgan fingerprint density at radius 3 is 2.48 bits per heavy atom. The molecule has 1 aliphatic heterocycles. The molecule has 118 valence electrons. The van der Waals surface area contributed by atoms with E-state index in [1.807, 2.05) is 36.4 Å². The third-order valence-corrected chi connectivity index (χ3v) is 4.11. The number of aliphatic carboxylic acids is 1. The lowest BCUT2D eigenvalue weighted by Gasteiger charge is -2.31. The van der Waals surface area contributed by atoms with Gasteiger partial charge in [-0.25, -0.2) is 4.39 Å². The molecule has 3 rings (SSSR count). The second kappa shape index (κ2) is 6.75. The molecule has 1 atom stereocenters. The average Bonchev–Trinajstić information content (AvgIpc) is 2.56. The molecule has 2 aromatic carbocycles. The summed E-state index contributed by atoms with van der Waals surface area (Å²) in [6.45, 7) is 1.86. The SMILES string of the molecule is O=C(O)C1CN(Cc2ccccc2)CC=C1c1ccc(F)cc1. The Bertz CT molecular complexity index is 710. The number of halogens is 1. The van der Waals surface area contributed by atoms with Gasteiger partial charge in [0.15, 0.2) is 0 Å². The van der Waals surface area contributed by atoms with Crippen LogP contribution in [0.25, 0.3) is 5.57 Å². The fourth-order valence-electron chi connectivity index (χ4n) is 2.94. The first-order chi connectivity index (χ1) is 11.1. The van der Waals surface area contributed by atoms with E-state index in [2.05, 4.69) is 4.90 Å². The Labute approximate surface area is 134 Å². The van der Waals surface area contributed by atoms with E-state index < -0.39 is 11.9 Å². The van der Waals surface area contributed by atoms with Crippen LogP contribution in [-0.4, -0.2) is 29.1 Å². The predicted octanol–water partition coefficient (Wildman–Crippen LogP) is 3.43. The van der Waals surface area contributed by atoms with Gasteiger partial charge >= 0.3 is 5.97 Å². The summed E-state index contributed by atoms with van der Waals surface area (Å²) in [5.74, 6) is -1.76. The van der Waals surface area contributed by atoms with Gasteiger partial charge in [-0.05, 0) is 28.8 Å². The summed E-state index contributed by atoms with van der Waals surface area (Å²) in [6, 6.07) is 16.0. The van der Waals surface area contributed by atoms with Crippen molar-refractivity contribution in [2.45, 2.75) is 6.54 Å². The highest BCUT2D eigenvalue weighted by molar-refractivity contribution is 5.88. The topological polar surface area (TPSA) is 40.5 Å². The Kier molecular flexibility index (Phi) is 4.53. The first-order valence-electron chi connectivity index (χ1n) is 7.58. The van der Waals surface area contributed by atoms with Gasteiger partial charge in [-0.2, -0.15) is 0 Å². The van der Waals surface area contributed by atoms with Gasteiger partial charge in [0.05, 0.1) is 5.92 Å². The molecule has 1 aliphatic rings. The Balaban J connectivity index is 1.81. The number of carboxylic acids is 1. The minimum atomic E-state index is -0.849. The van der Waals surface area contributed by atoms with Gasteiger partial charge < -0.3 is 5.11 Å². The fourth-order valence-corrected chi connectivity index (χ4v) is 2.94. The molecule has 2 aromatic rings. The summed E-state index contributed by atoms with van der Waals surface area (Å²) in [7, 11) is 0. The highest BCUT2D eigenvalue weighted by Gasteiger charge is 2.29. The molecule has 0 bridgehead atoms. The van der Waals surface area contributed by atoms with Crippen LogP contribution in [0.1, 0.15) is 11.1 Å². The van der Waals surface area contributed by atoms with Crippen molar-refractivity contribution in [1.82, 2.24) is 4.90 Å². The Morgan fingerprint density at radius 2 is 1.83 bits per heavy atom. The summed E-state index contributed by atoms with van der Waals surface area (Å²) in [4.78, 5) is 13.8. The zero-order valence-corrected chi connectivity index (χ0v) is 12.7. The summed E-state index contributed by atoms with van der Waals surface area (Å²) in [6.07, 6.45) is 1.94. The molecular formula is C19H18FNO2. The lowest BCUT2D eigenvalue weighted by Crippen LogP contribution is -2.37. The molecule has 0 aromatic heterocycles. The number of carboxylic acid groups (broad SMARTS) is 1. The van der Waals surface area contributed by atoms with Crippen molar-refractivity contribution >= 4 is 11.5 Å².